The van der Waals surface area contributed by atoms with Crippen LogP contribution < -0.4 is 4.72 Å². The van der Waals surface area contributed by atoms with E-state index in [-0.39, 0.29) is 4.90 Å². The van der Waals surface area contributed by atoms with Crippen LogP contribution in [0.25, 0.3) is 0 Å². The van der Waals surface area contributed by atoms with Gasteiger partial charge in [-0.1, -0.05) is 17.7 Å². The van der Waals surface area contributed by atoms with Gasteiger partial charge in [-0.2, -0.15) is 4.72 Å². The van der Waals surface area contributed by atoms with Crippen LogP contribution >= 0.6 is 0 Å². The molecule has 0 saturated carbocycles. The van der Waals surface area contributed by atoms with E-state index in [0.717, 1.165) is 19.8 Å². The molecule has 0 aliphatic rings. The highest BCUT2D eigenvalue weighted by Gasteiger charge is 2.29. The van der Waals surface area contributed by atoms with Gasteiger partial charge in [-0.3, -0.25) is 9.59 Å². The maximum absolute atomic E-state index is 12.2. The van der Waals surface area contributed by atoms with Crippen molar-refractivity contribution < 1.29 is 27.5 Å². The molecule has 0 aliphatic carbocycles. The zero-order valence-corrected chi connectivity index (χ0v) is 12.8. The number of carbonyl (C=O) groups is 2. The van der Waals surface area contributed by atoms with Gasteiger partial charge in [0, 0.05) is 0 Å². The van der Waals surface area contributed by atoms with Crippen LogP contribution in [0.4, 0.5) is 0 Å². The molecule has 0 aromatic heterocycles. The first kappa shape index (κ1) is 17.1. The second-order valence-corrected chi connectivity index (χ2v) is 6.00. The number of hydrogen-bond acceptors (Lipinski definition) is 6. The van der Waals surface area contributed by atoms with E-state index in [0.29, 0.717) is 0 Å². The molecule has 0 fully saturated rings. The van der Waals surface area contributed by atoms with Gasteiger partial charge in [-0.15, -0.1) is 0 Å². The molecule has 1 aromatic rings. The van der Waals surface area contributed by atoms with Gasteiger partial charge in [0.25, 0.3) is 0 Å². The minimum Gasteiger partial charge on any atom is -0.469 e. The number of nitrogens with one attached hydrogen (secondary N) is 1. The van der Waals surface area contributed by atoms with Crippen molar-refractivity contribution in [3.8, 4) is 0 Å². The number of benzene rings is 1. The summed E-state index contributed by atoms with van der Waals surface area (Å²) in [5.74, 6) is -1.59. The topological polar surface area (TPSA) is 98.8 Å². The van der Waals surface area contributed by atoms with Gasteiger partial charge in [0.2, 0.25) is 10.0 Å². The lowest BCUT2D eigenvalue weighted by Gasteiger charge is -2.15. The number of sulfonamides is 1. The zero-order chi connectivity index (χ0) is 16.0. The Kier molecular flexibility index (Phi) is 5.86. The highest BCUT2D eigenvalue weighted by atomic mass is 32.2. The van der Waals surface area contributed by atoms with Crippen molar-refractivity contribution >= 4 is 22.0 Å². The quantitative estimate of drug-likeness (QED) is 0.762. The third-order valence-electron chi connectivity index (χ3n) is 2.71. The summed E-state index contributed by atoms with van der Waals surface area (Å²) in [6.07, 6.45) is -0.450. The Labute approximate surface area is 123 Å². The Morgan fingerprint density at radius 2 is 1.71 bits per heavy atom. The fourth-order valence-corrected chi connectivity index (χ4v) is 2.72. The second kappa shape index (κ2) is 7.19. The summed E-state index contributed by atoms with van der Waals surface area (Å²) in [6, 6.07) is 4.73. The fraction of sp³-hybridized carbons (Fsp3) is 0.385. The van der Waals surface area contributed by atoms with Crippen molar-refractivity contribution in [2.24, 2.45) is 0 Å². The van der Waals surface area contributed by atoms with Gasteiger partial charge >= 0.3 is 11.9 Å². The van der Waals surface area contributed by atoms with Crippen LogP contribution in [-0.2, 0) is 29.1 Å². The molecule has 0 saturated heterocycles. The van der Waals surface area contributed by atoms with Crippen molar-refractivity contribution in [2.45, 2.75) is 24.3 Å². The Balaban J connectivity index is 2.98. The standard InChI is InChI=1S/C13H17NO6S/c1-9-4-6-10(7-5-9)21(17,18)14-11(13(16)20-3)8-12(15)19-2/h4-7,11,14H,8H2,1-3H3. The molecule has 0 amide bonds. The van der Waals surface area contributed by atoms with Crippen LogP contribution in [0.15, 0.2) is 29.2 Å². The maximum Gasteiger partial charge on any atom is 0.324 e. The number of hydrogen-bond donors (Lipinski definition) is 1. The minimum atomic E-state index is -3.94. The average Bonchev–Trinajstić information content (AvgIpc) is 2.45. The molecule has 1 atom stereocenters. The van der Waals surface area contributed by atoms with Crippen molar-refractivity contribution in [3.05, 3.63) is 29.8 Å². The maximum atomic E-state index is 12.2. The van der Waals surface area contributed by atoms with E-state index >= 15 is 0 Å². The summed E-state index contributed by atoms with van der Waals surface area (Å²) in [5.41, 5.74) is 0.896. The number of rotatable bonds is 6. The van der Waals surface area contributed by atoms with Gasteiger partial charge in [0.15, 0.2) is 0 Å². The highest BCUT2D eigenvalue weighted by Crippen LogP contribution is 2.12. The Morgan fingerprint density at radius 3 is 2.19 bits per heavy atom. The molecule has 0 radical (unpaired) electrons. The van der Waals surface area contributed by atoms with Crippen molar-refractivity contribution in [1.82, 2.24) is 4.72 Å². The largest absolute Gasteiger partial charge is 0.469 e. The molecule has 0 heterocycles. The van der Waals surface area contributed by atoms with Crippen LogP contribution in [0.3, 0.4) is 0 Å². The van der Waals surface area contributed by atoms with E-state index in [1.807, 2.05) is 6.92 Å². The number of ether oxygens (including phenoxy) is 2. The summed E-state index contributed by atoms with van der Waals surface area (Å²) < 4.78 is 35.4. The van der Waals surface area contributed by atoms with Crippen molar-refractivity contribution in [3.63, 3.8) is 0 Å². The van der Waals surface area contributed by atoms with E-state index in [1.54, 1.807) is 12.1 Å². The first-order valence-electron chi connectivity index (χ1n) is 6.04. The Morgan fingerprint density at radius 1 is 1.14 bits per heavy atom. The molecular weight excluding hydrogens is 298 g/mol. The highest BCUT2D eigenvalue weighted by molar-refractivity contribution is 7.89. The summed E-state index contributed by atoms with van der Waals surface area (Å²) in [4.78, 5) is 22.8. The normalized spacial score (nSPS) is 12.5. The molecule has 1 rings (SSSR count). The molecule has 1 N–H and O–H groups in total. The summed E-state index contributed by atoms with van der Waals surface area (Å²) >= 11 is 0. The molecular formula is C13H17NO6S. The molecule has 0 aliphatic heterocycles. The lowest BCUT2D eigenvalue weighted by atomic mass is 10.2. The third-order valence-corrected chi connectivity index (χ3v) is 4.20. The van der Waals surface area contributed by atoms with Gasteiger partial charge in [-0.05, 0) is 19.1 Å². The number of esters is 2. The van der Waals surface area contributed by atoms with E-state index in [2.05, 4.69) is 14.2 Å². The van der Waals surface area contributed by atoms with E-state index in [4.69, 9.17) is 0 Å². The molecule has 0 spiro atoms. The van der Waals surface area contributed by atoms with E-state index in [9.17, 15) is 18.0 Å². The first-order valence-corrected chi connectivity index (χ1v) is 7.52. The lowest BCUT2D eigenvalue weighted by Crippen LogP contribution is -2.43. The smallest absolute Gasteiger partial charge is 0.324 e. The minimum absolute atomic E-state index is 0.00753. The zero-order valence-electron chi connectivity index (χ0n) is 12.0. The number of aryl methyl sites for hydroxylation is 1. The van der Waals surface area contributed by atoms with Crippen LogP contribution in [0.5, 0.6) is 0 Å². The van der Waals surface area contributed by atoms with Gasteiger partial charge in [0.1, 0.15) is 6.04 Å². The summed E-state index contributed by atoms with van der Waals surface area (Å²) in [6.45, 7) is 1.82. The van der Waals surface area contributed by atoms with Crippen LogP contribution in [0, 0.1) is 6.92 Å². The predicted molar refractivity (Wildman–Crippen MR) is 73.9 cm³/mol. The predicted octanol–water partition coefficient (Wildman–Crippen LogP) is 0.378. The third kappa shape index (κ3) is 4.83. The fourth-order valence-electron chi connectivity index (χ4n) is 1.54. The van der Waals surface area contributed by atoms with Crippen LogP contribution in [-0.4, -0.2) is 40.6 Å². The molecule has 0 bridgehead atoms. The monoisotopic (exact) mass is 315 g/mol. The first-order chi connectivity index (χ1) is 9.80. The molecule has 8 heteroatoms. The molecule has 116 valence electrons. The summed E-state index contributed by atoms with van der Waals surface area (Å²) in [7, 11) is -1.70. The average molecular weight is 315 g/mol. The number of carbonyl (C=O) groups excluding carboxylic acids is 2. The van der Waals surface area contributed by atoms with Gasteiger partial charge < -0.3 is 9.47 Å². The molecule has 1 aromatic carbocycles. The van der Waals surface area contributed by atoms with E-state index < -0.39 is 34.4 Å². The van der Waals surface area contributed by atoms with Gasteiger partial charge in [-0.25, -0.2) is 8.42 Å². The second-order valence-electron chi connectivity index (χ2n) is 4.29. The Hall–Kier alpha value is -1.93. The molecule has 1 unspecified atom stereocenters. The molecule has 21 heavy (non-hydrogen) atoms. The number of methoxy groups -OCH3 is 2. The molecule has 7 nitrogen and oxygen atoms in total. The van der Waals surface area contributed by atoms with Crippen molar-refractivity contribution in [1.29, 1.82) is 0 Å². The van der Waals surface area contributed by atoms with Crippen LogP contribution in [0.1, 0.15) is 12.0 Å². The summed E-state index contributed by atoms with van der Waals surface area (Å²) in [5, 5.41) is 0. The van der Waals surface area contributed by atoms with Crippen molar-refractivity contribution in [2.75, 3.05) is 14.2 Å². The Bertz CT molecular complexity index is 608. The van der Waals surface area contributed by atoms with E-state index in [1.165, 1.54) is 12.1 Å². The van der Waals surface area contributed by atoms with Crippen LogP contribution in [0.2, 0.25) is 0 Å². The SMILES string of the molecule is COC(=O)CC(NS(=O)(=O)c1ccc(C)cc1)C(=O)OC. The van der Waals surface area contributed by atoms with Gasteiger partial charge in [0.05, 0.1) is 25.5 Å². The lowest BCUT2D eigenvalue weighted by molar-refractivity contribution is -0.149.